The molecular weight excluding hydrogens is 416 g/mol. The van der Waals surface area contributed by atoms with E-state index in [-0.39, 0.29) is 31.2 Å². The highest BCUT2D eigenvalue weighted by atomic mass is 16.7. The average Bonchev–Trinajstić information content (AvgIpc) is 3.37. The number of aromatic nitrogens is 2. The monoisotopic (exact) mass is 442 g/mol. The fourth-order valence-electron chi connectivity index (χ4n) is 3.84. The third-order valence-electron chi connectivity index (χ3n) is 5.52. The fraction of sp³-hybridized carbons (Fsp3) is 0.429. The first-order valence-electron chi connectivity index (χ1n) is 10.5. The van der Waals surface area contributed by atoms with Crippen LogP contribution in [0, 0.1) is 12.8 Å². The third-order valence-corrected chi connectivity index (χ3v) is 5.52. The summed E-state index contributed by atoms with van der Waals surface area (Å²) in [5.41, 5.74) is 1.40. The Hall–Kier alpha value is -3.60. The van der Waals surface area contributed by atoms with Crippen molar-refractivity contribution in [3.63, 3.8) is 0 Å². The standard InChI is InChI=1S/C21H26N6O5/c1-4-14-12(3)23-21(25-18(14)28)27-17(7-11(2)26-27)24-20(30)19(29)22-9-13-5-6-15-16(8-13)32-10-31-15/h5-8,12,14,21,23H,4,9-10H2,1-3H3,(H,22,29)(H,24,30)(H,25,28). The highest BCUT2D eigenvalue weighted by molar-refractivity contribution is 6.39. The second kappa shape index (κ2) is 8.87. The van der Waals surface area contributed by atoms with Crippen LogP contribution >= 0.6 is 0 Å². The molecule has 4 rings (SSSR count). The van der Waals surface area contributed by atoms with Gasteiger partial charge in [-0.15, -0.1) is 0 Å². The molecule has 2 aliphatic rings. The van der Waals surface area contributed by atoms with Crippen molar-refractivity contribution in [2.45, 2.75) is 46.1 Å². The van der Waals surface area contributed by atoms with Gasteiger partial charge in [0.2, 0.25) is 12.7 Å². The van der Waals surface area contributed by atoms with Crippen molar-refractivity contribution in [1.29, 1.82) is 0 Å². The van der Waals surface area contributed by atoms with Crippen molar-refractivity contribution in [3.8, 4) is 11.5 Å². The first-order valence-corrected chi connectivity index (χ1v) is 10.5. The molecule has 1 aromatic heterocycles. The Bertz CT molecular complexity index is 1050. The van der Waals surface area contributed by atoms with E-state index >= 15 is 0 Å². The Balaban J connectivity index is 1.39. The molecular formula is C21H26N6O5. The minimum absolute atomic E-state index is 0.0724. The zero-order valence-corrected chi connectivity index (χ0v) is 18.1. The minimum atomic E-state index is -0.839. The van der Waals surface area contributed by atoms with Gasteiger partial charge in [0.1, 0.15) is 5.82 Å². The number of carbonyl (C=O) groups is 3. The van der Waals surface area contributed by atoms with Crippen LogP contribution in [0.3, 0.4) is 0 Å². The summed E-state index contributed by atoms with van der Waals surface area (Å²) in [5, 5.41) is 15.7. The molecule has 0 saturated carbocycles. The highest BCUT2D eigenvalue weighted by Gasteiger charge is 2.34. The van der Waals surface area contributed by atoms with Gasteiger partial charge in [0.25, 0.3) is 0 Å². The summed E-state index contributed by atoms with van der Waals surface area (Å²) in [7, 11) is 0. The van der Waals surface area contributed by atoms with E-state index in [9.17, 15) is 14.4 Å². The van der Waals surface area contributed by atoms with Gasteiger partial charge in [-0.1, -0.05) is 13.0 Å². The number of amides is 3. The molecule has 1 saturated heterocycles. The molecule has 3 heterocycles. The predicted octanol–water partition coefficient (Wildman–Crippen LogP) is 0.765. The van der Waals surface area contributed by atoms with E-state index < -0.39 is 18.1 Å². The Morgan fingerprint density at radius 1 is 1.22 bits per heavy atom. The number of benzene rings is 1. The number of hydrogen-bond donors (Lipinski definition) is 4. The van der Waals surface area contributed by atoms with Crippen LogP contribution < -0.4 is 30.7 Å². The van der Waals surface area contributed by atoms with Gasteiger partial charge < -0.3 is 25.4 Å². The number of nitrogens with zero attached hydrogens (tertiary/aromatic N) is 2. The zero-order valence-electron chi connectivity index (χ0n) is 18.1. The highest BCUT2D eigenvalue weighted by Crippen LogP contribution is 2.32. The van der Waals surface area contributed by atoms with Crippen LogP contribution in [0.4, 0.5) is 5.82 Å². The molecule has 3 unspecified atom stereocenters. The number of ether oxygens (including phenoxy) is 2. The molecule has 2 aliphatic heterocycles. The van der Waals surface area contributed by atoms with Crippen LogP contribution in [0.5, 0.6) is 11.5 Å². The maximum Gasteiger partial charge on any atom is 0.314 e. The van der Waals surface area contributed by atoms with Gasteiger partial charge in [0.15, 0.2) is 17.8 Å². The van der Waals surface area contributed by atoms with Gasteiger partial charge in [-0.25, -0.2) is 4.68 Å². The maximum absolute atomic E-state index is 12.5. The van der Waals surface area contributed by atoms with E-state index in [1.54, 1.807) is 31.2 Å². The number of nitrogens with one attached hydrogen (secondary N) is 4. The van der Waals surface area contributed by atoms with E-state index in [1.165, 1.54) is 4.68 Å². The maximum atomic E-state index is 12.5. The first kappa shape index (κ1) is 21.6. The van der Waals surface area contributed by atoms with Crippen molar-refractivity contribution in [2.24, 2.45) is 5.92 Å². The van der Waals surface area contributed by atoms with Crippen molar-refractivity contribution >= 4 is 23.5 Å². The summed E-state index contributed by atoms with van der Waals surface area (Å²) in [6, 6.07) is 6.85. The molecule has 0 spiro atoms. The molecule has 1 aromatic carbocycles. The van der Waals surface area contributed by atoms with Gasteiger partial charge in [-0.3, -0.25) is 19.7 Å². The van der Waals surface area contributed by atoms with Crippen LogP contribution in [0.15, 0.2) is 24.3 Å². The molecule has 0 aliphatic carbocycles. The zero-order chi connectivity index (χ0) is 22.8. The molecule has 11 heteroatoms. The summed E-state index contributed by atoms with van der Waals surface area (Å²) < 4.78 is 12.0. The van der Waals surface area contributed by atoms with E-state index in [0.717, 1.165) is 5.56 Å². The summed E-state index contributed by atoms with van der Waals surface area (Å²) >= 11 is 0. The van der Waals surface area contributed by atoms with E-state index in [0.29, 0.717) is 29.4 Å². The molecule has 2 aromatic rings. The van der Waals surface area contributed by atoms with Crippen molar-refractivity contribution in [2.75, 3.05) is 12.1 Å². The SMILES string of the molecule is CCC1C(=O)NC(n2nc(C)cc2NC(=O)C(=O)NCc2ccc3c(c2)OCO3)NC1C. The number of carbonyl (C=O) groups excluding carboxylic acids is 3. The minimum Gasteiger partial charge on any atom is -0.454 e. The van der Waals surface area contributed by atoms with Gasteiger partial charge >= 0.3 is 11.8 Å². The van der Waals surface area contributed by atoms with Crippen LogP contribution in [0.2, 0.25) is 0 Å². The van der Waals surface area contributed by atoms with Crippen molar-refractivity contribution in [3.05, 3.63) is 35.5 Å². The number of rotatable bonds is 5. The quantitative estimate of drug-likeness (QED) is 0.502. The van der Waals surface area contributed by atoms with Crippen LogP contribution in [0.1, 0.15) is 37.8 Å². The molecule has 4 N–H and O–H groups in total. The summed E-state index contributed by atoms with van der Waals surface area (Å²) in [5.74, 6) is -0.336. The molecule has 0 radical (unpaired) electrons. The lowest BCUT2D eigenvalue weighted by atomic mass is 9.95. The number of aryl methyl sites for hydroxylation is 1. The first-order chi connectivity index (χ1) is 15.4. The van der Waals surface area contributed by atoms with Crippen molar-refractivity contribution < 1.29 is 23.9 Å². The van der Waals surface area contributed by atoms with Crippen LogP contribution in [0.25, 0.3) is 0 Å². The van der Waals surface area contributed by atoms with Gasteiger partial charge in [0.05, 0.1) is 11.6 Å². The Morgan fingerprint density at radius 2 is 2.00 bits per heavy atom. The summed E-state index contributed by atoms with van der Waals surface area (Å²) in [6.07, 6.45) is 0.0684. The third kappa shape index (κ3) is 4.37. The van der Waals surface area contributed by atoms with Gasteiger partial charge in [0, 0.05) is 18.7 Å². The second-order valence-electron chi connectivity index (χ2n) is 7.82. The largest absolute Gasteiger partial charge is 0.454 e. The van der Waals surface area contributed by atoms with E-state index in [1.807, 2.05) is 13.8 Å². The molecule has 170 valence electrons. The van der Waals surface area contributed by atoms with Gasteiger partial charge in [-0.05, 0) is 38.0 Å². The van der Waals surface area contributed by atoms with Crippen molar-refractivity contribution in [1.82, 2.24) is 25.7 Å². The number of anilines is 1. The second-order valence-corrected chi connectivity index (χ2v) is 7.82. The lowest BCUT2D eigenvalue weighted by molar-refractivity contribution is -0.136. The topological polar surface area (TPSA) is 136 Å². The normalized spacial score (nSPS) is 21.7. The average molecular weight is 442 g/mol. The lowest BCUT2D eigenvalue weighted by Gasteiger charge is -2.35. The number of fused-ring (bicyclic) bond motifs is 1. The lowest BCUT2D eigenvalue weighted by Crippen LogP contribution is -2.57. The van der Waals surface area contributed by atoms with E-state index in [2.05, 4.69) is 26.4 Å². The predicted molar refractivity (Wildman–Crippen MR) is 114 cm³/mol. The Kier molecular flexibility index (Phi) is 5.99. The smallest absolute Gasteiger partial charge is 0.314 e. The molecule has 11 nitrogen and oxygen atoms in total. The molecule has 32 heavy (non-hydrogen) atoms. The fourth-order valence-corrected chi connectivity index (χ4v) is 3.84. The molecule has 3 amide bonds. The molecule has 0 bridgehead atoms. The van der Waals surface area contributed by atoms with Crippen LogP contribution in [-0.4, -0.2) is 40.3 Å². The van der Waals surface area contributed by atoms with Crippen LogP contribution in [-0.2, 0) is 20.9 Å². The molecule has 3 atom stereocenters. The van der Waals surface area contributed by atoms with E-state index in [4.69, 9.17) is 9.47 Å². The summed E-state index contributed by atoms with van der Waals surface area (Å²) in [4.78, 5) is 37.2. The Morgan fingerprint density at radius 3 is 2.75 bits per heavy atom. The summed E-state index contributed by atoms with van der Waals surface area (Å²) in [6.45, 7) is 5.95. The number of hydrogen-bond acceptors (Lipinski definition) is 7. The molecule has 1 fully saturated rings. The van der Waals surface area contributed by atoms with Gasteiger partial charge in [-0.2, -0.15) is 5.10 Å². The Labute approximate surface area is 184 Å².